The first-order chi connectivity index (χ1) is 11.0. The summed E-state index contributed by atoms with van der Waals surface area (Å²) < 4.78 is 15.1. The SMILES string of the molecule is Cn1cnc2ccc(Nc3c(Cl)ccc(F)c3C#N)cc2c1=O. The minimum Gasteiger partial charge on any atom is -0.353 e. The van der Waals surface area contributed by atoms with Gasteiger partial charge in [0.15, 0.2) is 0 Å². The van der Waals surface area contributed by atoms with Crippen molar-refractivity contribution in [1.29, 1.82) is 5.26 Å². The fraction of sp³-hybridized carbons (Fsp3) is 0.0625. The van der Waals surface area contributed by atoms with E-state index in [1.807, 2.05) is 0 Å². The van der Waals surface area contributed by atoms with E-state index < -0.39 is 5.82 Å². The number of hydrogen-bond donors (Lipinski definition) is 1. The largest absolute Gasteiger partial charge is 0.353 e. The summed E-state index contributed by atoms with van der Waals surface area (Å²) in [6.07, 6.45) is 1.44. The van der Waals surface area contributed by atoms with Crippen LogP contribution in [0.25, 0.3) is 10.9 Å². The van der Waals surface area contributed by atoms with Crippen molar-refractivity contribution in [2.45, 2.75) is 0 Å². The molecule has 0 aliphatic rings. The van der Waals surface area contributed by atoms with Gasteiger partial charge in [0.25, 0.3) is 5.56 Å². The summed E-state index contributed by atoms with van der Waals surface area (Å²) in [4.78, 5) is 16.3. The van der Waals surface area contributed by atoms with Gasteiger partial charge in [0, 0.05) is 12.7 Å². The van der Waals surface area contributed by atoms with Crippen LogP contribution in [0.15, 0.2) is 41.5 Å². The lowest BCUT2D eigenvalue weighted by atomic mass is 10.1. The Morgan fingerprint density at radius 2 is 2.13 bits per heavy atom. The van der Waals surface area contributed by atoms with Gasteiger partial charge < -0.3 is 9.88 Å². The summed E-state index contributed by atoms with van der Waals surface area (Å²) in [6.45, 7) is 0. The highest BCUT2D eigenvalue weighted by molar-refractivity contribution is 6.33. The molecule has 3 aromatic rings. The maximum atomic E-state index is 13.7. The van der Waals surface area contributed by atoms with Gasteiger partial charge >= 0.3 is 0 Å². The summed E-state index contributed by atoms with van der Waals surface area (Å²) in [5.41, 5.74) is 0.825. The zero-order chi connectivity index (χ0) is 16.6. The average molecular weight is 329 g/mol. The molecule has 3 rings (SSSR count). The number of nitriles is 1. The molecule has 5 nitrogen and oxygen atoms in total. The lowest BCUT2D eigenvalue weighted by Crippen LogP contribution is -2.16. The Balaban J connectivity index is 2.14. The number of rotatable bonds is 2. The number of fused-ring (bicyclic) bond motifs is 1. The number of aryl methyl sites for hydroxylation is 1. The van der Waals surface area contributed by atoms with Crippen molar-refractivity contribution in [3.8, 4) is 6.07 Å². The molecule has 1 heterocycles. The summed E-state index contributed by atoms with van der Waals surface area (Å²) in [7, 11) is 1.60. The minimum absolute atomic E-state index is 0.161. The van der Waals surface area contributed by atoms with Gasteiger partial charge in [-0.1, -0.05) is 11.6 Å². The predicted molar refractivity (Wildman–Crippen MR) is 86.4 cm³/mol. The molecule has 7 heteroatoms. The smallest absolute Gasteiger partial charge is 0.260 e. The Hall–Kier alpha value is -2.91. The Bertz CT molecular complexity index is 1020. The van der Waals surface area contributed by atoms with Crippen molar-refractivity contribution in [2.75, 3.05) is 5.32 Å². The molecule has 0 bridgehead atoms. The van der Waals surface area contributed by atoms with Crippen molar-refractivity contribution >= 4 is 33.9 Å². The van der Waals surface area contributed by atoms with Crippen LogP contribution >= 0.6 is 11.6 Å². The molecule has 0 fully saturated rings. The van der Waals surface area contributed by atoms with Gasteiger partial charge in [-0.05, 0) is 30.3 Å². The van der Waals surface area contributed by atoms with E-state index in [0.717, 1.165) is 6.07 Å². The van der Waals surface area contributed by atoms with Crippen LogP contribution in [0.5, 0.6) is 0 Å². The standard InChI is InChI=1S/C16H10ClFN4O/c1-22-8-20-14-5-2-9(6-10(14)16(22)23)21-15-11(7-19)13(18)4-3-12(15)17/h2-6,8,21H,1H3. The summed E-state index contributed by atoms with van der Waals surface area (Å²) in [5.74, 6) is -0.669. The van der Waals surface area contributed by atoms with Crippen LogP contribution in [0.4, 0.5) is 15.8 Å². The predicted octanol–water partition coefficient (Wildman–Crippen LogP) is 3.34. The normalized spacial score (nSPS) is 10.5. The summed E-state index contributed by atoms with van der Waals surface area (Å²) in [6, 6.07) is 9.21. The lowest BCUT2D eigenvalue weighted by Gasteiger charge is -2.11. The number of halogens is 2. The molecule has 0 aliphatic heterocycles. The lowest BCUT2D eigenvalue weighted by molar-refractivity contribution is 0.624. The van der Waals surface area contributed by atoms with Crippen LogP contribution in [0.3, 0.4) is 0 Å². The minimum atomic E-state index is -0.669. The molecule has 23 heavy (non-hydrogen) atoms. The first-order valence-electron chi connectivity index (χ1n) is 6.62. The molecule has 0 saturated carbocycles. The highest BCUT2D eigenvalue weighted by atomic mass is 35.5. The third-order valence-corrected chi connectivity index (χ3v) is 3.72. The molecular weight excluding hydrogens is 319 g/mol. The van der Waals surface area contributed by atoms with Crippen molar-refractivity contribution in [3.63, 3.8) is 0 Å². The first kappa shape index (κ1) is 15.0. The van der Waals surface area contributed by atoms with Crippen LogP contribution in [-0.2, 0) is 7.05 Å². The quantitative estimate of drug-likeness (QED) is 0.783. The zero-order valence-electron chi connectivity index (χ0n) is 12.0. The number of anilines is 2. The maximum Gasteiger partial charge on any atom is 0.260 e. The second-order valence-corrected chi connectivity index (χ2v) is 5.32. The van der Waals surface area contributed by atoms with Crippen LogP contribution < -0.4 is 10.9 Å². The first-order valence-corrected chi connectivity index (χ1v) is 6.99. The average Bonchev–Trinajstić information content (AvgIpc) is 2.55. The fourth-order valence-electron chi connectivity index (χ4n) is 2.22. The number of nitrogens with one attached hydrogen (secondary N) is 1. The van der Waals surface area contributed by atoms with E-state index in [1.54, 1.807) is 31.3 Å². The highest BCUT2D eigenvalue weighted by Gasteiger charge is 2.13. The zero-order valence-corrected chi connectivity index (χ0v) is 12.7. The molecule has 0 spiro atoms. The van der Waals surface area contributed by atoms with E-state index >= 15 is 0 Å². The monoisotopic (exact) mass is 328 g/mol. The third kappa shape index (κ3) is 2.62. The summed E-state index contributed by atoms with van der Waals surface area (Å²) in [5, 5.41) is 12.6. The highest BCUT2D eigenvalue weighted by Crippen LogP contribution is 2.31. The molecule has 2 aromatic carbocycles. The van der Waals surface area contributed by atoms with Gasteiger partial charge in [0.05, 0.1) is 27.9 Å². The van der Waals surface area contributed by atoms with Crippen LogP contribution in [0.1, 0.15) is 5.56 Å². The Kier molecular flexibility index (Phi) is 3.72. The van der Waals surface area contributed by atoms with Gasteiger partial charge in [-0.3, -0.25) is 4.79 Å². The Labute approximate surface area is 135 Å². The van der Waals surface area contributed by atoms with Gasteiger partial charge in [-0.2, -0.15) is 5.26 Å². The van der Waals surface area contributed by atoms with E-state index in [1.165, 1.54) is 17.0 Å². The Morgan fingerprint density at radius 1 is 1.35 bits per heavy atom. The molecule has 0 amide bonds. The van der Waals surface area contributed by atoms with Gasteiger partial charge in [-0.15, -0.1) is 0 Å². The second kappa shape index (κ2) is 5.71. The Morgan fingerprint density at radius 3 is 2.87 bits per heavy atom. The fourth-order valence-corrected chi connectivity index (χ4v) is 2.42. The number of hydrogen-bond acceptors (Lipinski definition) is 4. The topological polar surface area (TPSA) is 70.7 Å². The van der Waals surface area contributed by atoms with Crippen LogP contribution in [0.2, 0.25) is 5.02 Å². The van der Waals surface area contributed by atoms with E-state index in [0.29, 0.717) is 16.6 Å². The van der Waals surface area contributed by atoms with E-state index in [9.17, 15) is 9.18 Å². The van der Waals surface area contributed by atoms with Crippen LogP contribution in [0, 0.1) is 17.1 Å². The third-order valence-electron chi connectivity index (χ3n) is 3.40. The van der Waals surface area contributed by atoms with Crippen molar-refractivity contribution in [2.24, 2.45) is 7.05 Å². The molecule has 0 radical (unpaired) electrons. The molecule has 0 atom stereocenters. The molecule has 1 N–H and O–H groups in total. The van der Waals surface area contributed by atoms with Gasteiger partial charge in [-0.25, -0.2) is 9.37 Å². The van der Waals surface area contributed by atoms with Crippen molar-refractivity contribution in [1.82, 2.24) is 9.55 Å². The van der Waals surface area contributed by atoms with E-state index in [4.69, 9.17) is 16.9 Å². The molecule has 0 aliphatic carbocycles. The number of aromatic nitrogens is 2. The summed E-state index contributed by atoms with van der Waals surface area (Å²) >= 11 is 6.05. The van der Waals surface area contributed by atoms with Crippen molar-refractivity contribution in [3.05, 3.63) is 63.4 Å². The molecule has 1 aromatic heterocycles. The van der Waals surface area contributed by atoms with Crippen LogP contribution in [-0.4, -0.2) is 9.55 Å². The molecule has 0 saturated heterocycles. The van der Waals surface area contributed by atoms with E-state index in [-0.39, 0.29) is 21.8 Å². The second-order valence-electron chi connectivity index (χ2n) is 4.91. The van der Waals surface area contributed by atoms with Gasteiger partial charge in [0.1, 0.15) is 17.4 Å². The number of benzene rings is 2. The van der Waals surface area contributed by atoms with Gasteiger partial charge in [0.2, 0.25) is 0 Å². The van der Waals surface area contributed by atoms with E-state index in [2.05, 4.69) is 10.3 Å². The van der Waals surface area contributed by atoms with Crippen molar-refractivity contribution < 1.29 is 4.39 Å². The maximum absolute atomic E-state index is 13.7. The molecular formula is C16H10ClFN4O. The molecule has 114 valence electrons. The molecule has 0 unspecified atom stereocenters. The number of nitrogens with zero attached hydrogens (tertiary/aromatic N) is 3.